The maximum atomic E-state index is 11.9. The summed E-state index contributed by atoms with van der Waals surface area (Å²) in [6.07, 6.45) is 4.51. The van der Waals surface area contributed by atoms with E-state index in [1.807, 2.05) is 12.2 Å². The molecule has 0 heterocycles. The summed E-state index contributed by atoms with van der Waals surface area (Å²) in [5.74, 6) is -2.26. The van der Waals surface area contributed by atoms with Crippen molar-refractivity contribution in [1.82, 2.24) is 0 Å². The van der Waals surface area contributed by atoms with Crippen LogP contribution in [0.15, 0.2) is 12.2 Å². The van der Waals surface area contributed by atoms with E-state index in [0.717, 1.165) is 0 Å². The second-order valence-electron chi connectivity index (χ2n) is 4.20. The lowest BCUT2D eigenvalue weighted by Gasteiger charge is -2.31. The highest BCUT2D eigenvalue weighted by Crippen LogP contribution is 2.55. The molecule has 16 heavy (non-hydrogen) atoms. The molecular formula is C11H13BrO4. The maximum absolute atomic E-state index is 11.9. The summed E-state index contributed by atoms with van der Waals surface area (Å²) in [6, 6.07) is 0. The van der Waals surface area contributed by atoms with E-state index in [9.17, 15) is 14.7 Å². The summed E-state index contributed by atoms with van der Waals surface area (Å²) >= 11 is 3.33. The van der Waals surface area contributed by atoms with Gasteiger partial charge in [0.1, 0.15) is 4.32 Å². The standard InChI is InChI=1S/C11H13BrO4/c1-2-16-10(15)11(12)7-4-3-6(5-7)8(11)9(13)14/h3-4,6-8H,2,5H2,1H3,(H,13,14)/t6-,7-,8-,11+/m0/s1. The van der Waals surface area contributed by atoms with Gasteiger partial charge in [-0.1, -0.05) is 28.1 Å². The fourth-order valence-electron chi connectivity index (χ4n) is 2.71. The minimum absolute atomic E-state index is 0.0636. The number of rotatable bonds is 3. The highest BCUT2D eigenvalue weighted by Gasteiger charge is 2.63. The van der Waals surface area contributed by atoms with Crippen molar-refractivity contribution in [3.05, 3.63) is 12.2 Å². The summed E-state index contributed by atoms with van der Waals surface area (Å²) in [4.78, 5) is 23.1. The Bertz CT molecular complexity index is 365. The number of carbonyl (C=O) groups is 2. The number of carboxylic acid groups (broad SMARTS) is 1. The molecular weight excluding hydrogens is 276 g/mol. The van der Waals surface area contributed by atoms with Crippen LogP contribution in [-0.2, 0) is 14.3 Å². The van der Waals surface area contributed by atoms with Crippen LogP contribution in [0.2, 0.25) is 0 Å². The predicted octanol–water partition coefficient (Wildman–Crippen LogP) is 1.59. The van der Waals surface area contributed by atoms with Crippen LogP contribution >= 0.6 is 15.9 Å². The Labute approximate surface area is 102 Å². The van der Waals surface area contributed by atoms with Gasteiger partial charge in [-0.05, 0) is 19.3 Å². The smallest absolute Gasteiger partial charge is 0.324 e. The largest absolute Gasteiger partial charge is 0.481 e. The minimum atomic E-state index is -1.08. The van der Waals surface area contributed by atoms with E-state index >= 15 is 0 Å². The van der Waals surface area contributed by atoms with Gasteiger partial charge in [0, 0.05) is 5.92 Å². The molecule has 0 aromatic heterocycles. The molecule has 88 valence electrons. The Balaban J connectivity index is 2.34. The molecule has 2 aliphatic rings. The Morgan fingerprint density at radius 1 is 1.56 bits per heavy atom. The second-order valence-corrected chi connectivity index (χ2v) is 5.51. The third kappa shape index (κ3) is 1.41. The number of carboxylic acids is 1. The van der Waals surface area contributed by atoms with Crippen molar-refractivity contribution in [1.29, 1.82) is 0 Å². The summed E-state index contributed by atoms with van der Waals surface area (Å²) < 4.78 is 3.90. The van der Waals surface area contributed by atoms with Crippen LogP contribution in [0.4, 0.5) is 0 Å². The monoisotopic (exact) mass is 288 g/mol. The summed E-state index contributed by atoms with van der Waals surface area (Å²) in [6.45, 7) is 1.98. The molecule has 0 unspecified atom stereocenters. The zero-order chi connectivity index (χ0) is 11.9. The normalized spacial score (nSPS) is 40.0. The summed E-state index contributed by atoms with van der Waals surface area (Å²) in [7, 11) is 0. The first-order valence-electron chi connectivity index (χ1n) is 5.29. The van der Waals surface area contributed by atoms with Crippen molar-refractivity contribution in [3.63, 3.8) is 0 Å². The number of alkyl halides is 1. The maximum Gasteiger partial charge on any atom is 0.324 e. The predicted molar refractivity (Wildman–Crippen MR) is 60.2 cm³/mol. The van der Waals surface area contributed by atoms with Crippen LogP contribution in [0.1, 0.15) is 13.3 Å². The molecule has 1 N–H and O–H groups in total. The highest BCUT2D eigenvalue weighted by atomic mass is 79.9. The molecule has 4 atom stereocenters. The van der Waals surface area contributed by atoms with Gasteiger partial charge in [0.05, 0.1) is 12.5 Å². The molecule has 0 saturated heterocycles. The van der Waals surface area contributed by atoms with Crippen molar-refractivity contribution in [3.8, 4) is 0 Å². The lowest BCUT2D eigenvalue weighted by Crippen LogP contribution is -2.47. The van der Waals surface area contributed by atoms with Gasteiger partial charge in [-0.2, -0.15) is 0 Å². The van der Waals surface area contributed by atoms with Gasteiger partial charge in [-0.3, -0.25) is 9.59 Å². The lowest BCUT2D eigenvalue weighted by atomic mass is 9.83. The van der Waals surface area contributed by atoms with E-state index in [1.54, 1.807) is 6.92 Å². The average molecular weight is 289 g/mol. The number of halogens is 1. The minimum Gasteiger partial charge on any atom is -0.481 e. The van der Waals surface area contributed by atoms with Crippen LogP contribution in [0.3, 0.4) is 0 Å². The molecule has 1 fully saturated rings. The summed E-state index contributed by atoms with van der Waals surface area (Å²) in [5, 5.41) is 9.22. The number of aliphatic carboxylic acids is 1. The average Bonchev–Trinajstić information content (AvgIpc) is 2.76. The van der Waals surface area contributed by atoms with Crippen LogP contribution in [0, 0.1) is 17.8 Å². The SMILES string of the molecule is CCOC(=O)[C@]1(Br)[C@H](C(=O)O)[C@H]2C=C[C@H]1C2. The topological polar surface area (TPSA) is 63.6 Å². The molecule has 0 spiro atoms. The Morgan fingerprint density at radius 3 is 2.81 bits per heavy atom. The molecule has 0 aromatic rings. The van der Waals surface area contributed by atoms with E-state index in [2.05, 4.69) is 15.9 Å². The fourth-order valence-corrected chi connectivity index (χ4v) is 3.70. The van der Waals surface area contributed by atoms with Gasteiger partial charge in [0.25, 0.3) is 0 Å². The molecule has 2 aliphatic carbocycles. The molecule has 0 amide bonds. The van der Waals surface area contributed by atoms with Crippen molar-refractivity contribution in [2.75, 3.05) is 6.61 Å². The van der Waals surface area contributed by atoms with E-state index in [1.165, 1.54) is 0 Å². The molecule has 1 saturated carbocycles. The molecule has 0 radical (unpaired) electrons. The number of hydrogen-bond donors (Lipinski definition) is 1. The third-order valence-electron chi connectivity index (χ3n) is 3.39. The number of esters is 1. The Hall–Kier alpha value is -0.840. The molecule has 2 bridgehead atoms. The van der Waals surface area contributed by atoms with Crippen LogP contribution in [0.25, 0.3) is 0 Å². The number of hydrogen-bond acceptors (Lipinski definition) is 3. The fraction of sp³-hybridized carbons (Fsp3) is 0.636. The number of carbonyl (C=O) groups excluding carboxylic acids is 1. The van der Waals surface area contributed by atoms with Gasteiger partial charge < -0.3 is 9.84 Å². The van der Waals surface area contributed by atoms with Crippen molar-refractivity contribution in [2.45, 2.75) is 17.7 Å². The van der Waals surface area contributed by atoms with Crippen molar-refractivity contribution in [2.24, 2.45) is 17.8 Å². The Kier molecular flexibility index (Phi) is 2.82. The summed E-state index contributed by atoms with van der Waals surface area (Å²) in [5.41, 5.74) is 0. The number of allylic oxidation sites excluding steroid dienone is 2. The molecule has 0 aromatic carbocycles. The second kappa shape index (κ2) is 3.87. The highest BCUT2D eigenvalue weighted by molar-refractivity contribution is 9.10. The zero-order valence-electron chi connectivity index (χ0n) is 8.85. The Morgan fingerprint density at radius 2 is 2.25 bits per heavy atom. The van der Waals surface area contributed by atoms with Crippen molar-refractivity contribution >= 4 is 27.9 Å². The molecule has 0 aliphatic heterocycles. The molecule has 2 rings (SSSR count). The van der Waals surface area contributed by atoms with E-state index in [4.69, 9.17) is 4.74 Å². The van der Waals surface area contributed by atoms with Crippen LogP contribution < -0.4 is 0 Å². The van der Waals surface area contributed by atoms with Gasteiger partial charge in [-0.25, -0.2) is 0 Å². The number of fused-ring (bicyclic) bond motifs is 2. The zero-order valence-corrected chi connectivity index (χ0v) is 10.4. The van der Waals surface area contributed by atoms with E-state index < -0.39 is 22.2 Å². The van der Waals surface area contributed by atoms with Gasteiger partial charge >= 0.3 is 11.9 Å². The van der Waals surface area contributed by atoms with Crippen molar-refractivity contribution < 1.29 is 19.4 Å². The first-order valence-corrected chi connectivity index (χ1v) is 6.08. The quantitative estimate of drug-likeness (QED) is 0.487. The van der Waals surface area contributed by atoms with Gasteiger partial charge in [0.2, 0.25) is 0 Å². The first-order chi connectivity index (χ1) is 7.51. The van der Waals surface area contributed by atoms with Crippen LogP contribution in [0.5, 0.6) is 0 Å². The number of ether oxygens (including phenoxy) is 1. The molecule has 5 heteroatoms. The molecule has 4 nitrogen and oxygen atoms in total. The first kappa shape index (κ1) is 11.6. The van der Waals surface area contributed by atoms with Gasteiger partial charge in [-0.15, -0.1) is 0 Å². The lowest BCUT2D eigenvalue weighted by molar-refractivity contribution is -0.155. The third-order valence-corrected chi connectivity index (χ3v) is 4.80. The van der Waals surface area contributed by atoms with E-state index in [-0.39, 0.29) is 18.4 Å². The van der Waals surface area contributed by atoms with Crippen LogP contribution in [-0.4, -0.2) is 28.0 Å². The van der Waals surface area contributed by atoms with E-state index in [0.29, 0.717) is 6.42 Å². The van der Waals surface area contributed by atoms with Gasteiger partial charge in [0.15, 0.2) is 0 Å².